The van der Waals surface area contributed by atoms with E-state index < -0.39 is 11.8 Å². The van der Waals surface area contributed by atoms with Gasteiger partial charge < -0.3 is 9.84 Å². The van der Waals surface area contributed by atoms with Crippen LogP contribution in [-0.2, 0) is 0 Å². The molecular formula is C15H13FO3. The SMILES string of the molecule is COc1cccc(-c2cc(C)c(F)cc2C(=O)O)c1. The summed E-state index contributed by atoms with van der Waals surface area (Å²) in [5, 5.41) is 9.17. The Morgan fingerprint density at radius 1 is 1.26 bits per heavy atom. The lowest BCUT2D eigenvalue weighted by Crippen LogP contribution is -2.02. The molecule has 2 aromatic carbocycles. The second-order valence-electron chi connectivity index (χ2n) is 4.18. The first-order chi connectivity index (χ1) is 9.02. The highest BCUT2D eigenvalue weighted by Gasteiger charge is 2.15. The van der Waals surface area contributed by atoms with Crippen molar-refractivity contribution in [3.63, 3.8) is 0 Å². The van der Waals surface area contributed by atoms with Crippen molar-refractivity contribution in [1.82, 2.24) is 0 Å². The molecule has 2 rings (SSSR count). The molecule has 0 aliphatic rings. The Balaban J connectivity index is 2.66. The van der Waals surface area contributed by atoms with E-state index in [-0.39, 0.29) is 5.56 Å². The smallest absolute Gasteiger partial charge is 0.336 e. The van der Waals surface area contributed by atoms with Gasteiger partial charge in [0.15, 0.2) is 0 Å². The fraction of sp³-hybridized carbons (Fsp3) is 0.133. The van der Waals surface area contributed by atoms with Crippen molar-refractivity contribution in [3.8, 4) is 16.9 Å². The van der Waals surface area contributed by atoms with E-state index in [1.165, 1.54) is 13.2 Å². The van der Waals surface area contributed by atoms with Crippen LogP contribution in [-0.4, -0.2) is 18.2 Å². The summed E-state index contributed by atoms with van der Waals surface area (Å²) >= 11 is 0. The van der Waals surface area contributed by atoms with Gasteiger partial charge in [0, 0.05) is 0 Å². The maximum absolute atomic E-state index is 13.5. The average Bonchev–Trinajstić information content (AvgIpc) is 2.41. The molecule has 98 valence electrons. The zero-order valence-electron chi connectivity index (χ0n) is 10.6. The Labute approximate surface area is 110 Å². The largest absolute Gasteiger partial charge is 0.497 e. The molecule has 3 nitrogen and oxygen atoms in total. The molecule has 0 unspecified atom stereocenters. The van der Waals surface area contributed by atoms with Crippen molar-refractivity contribution in [1.29, 1.82) is 0 Å². The fourth-order valence-corrected chi connectivity index (χ4v) is 1.89. The summed E-state index contributed by atoms with van der Waals surface area (Å²) < 4.78 is 18.6. The Kier molecular flexibility index (Phi) is 3.51. The molecule has 0 fully saturated rings. The van der Waals surface area contributed by atoms with Crippen molar-refractivity contribution in [2.45, 2.75) is 6.92 Å². The lowest BCUT2D eigenvalue weighted by Gasteiger charge is -2.10. The number of rotatable bonds is 3. The van der Waals surface area contributed by atoms with E-state index in [1.807, 2.05) is 0 Å². The van der Waals surface area contributed by atoms with Gasteiger partial charge in [0.2, 0.25) is 0 Å². The number of hydrogen-bond acceptors (Lipinski definition) is 2. The third kappa shape index (κ3) is 2.57. The molecule has 0 saturated heterocycles. The second kappa shape index (κ2) is 5.10. The van der Waals surface area contributed by atoms with Gasteiger partial charge in [-0.1, -0.05) is 12.1 Å². The van der Waals surface area contributed by atoms with E-state index >= 15 is 0 Å². The lowest BCUT2D eigenvalue weighted by molar-refractivity contribution is 0.0697. The summed E-state index contributed by atoms with van der Waals surface area (Å²) in [6.45, 7) is 1.60. The molecule has 0 atom stereocenters. The third-order valence-corrected chi connectivity index (χ3v) is 2.91. The van der Waals surface area contributed by atoms with Crippen molar-refractivity contribution < 1.29 is 19.0 Å². The van der Waals surface area contributed by atoms with Gasteiger partial charge in [-0.25, -0.2) is 9.18 Å². The first kappa shape index (κ1) is 13.1. The van der Waals surface area contributed by atoms with Crippen LogP contribution in [0.25, 0.3) is 11.1 Å². The fourth-order valence-electron chi connectivity index (χ4n) is 1.89. The molecule has 0 aliphatic carbocycles. The van der Waals surface area contributed by atoms with Gasteiger partial charge in [-0.05, 0) is 47.9 Å². The molecule has 19 heavy (non-hydrogen) atoms. The Morgan fingerprint density at radius 3 is 2.63 bits per heavy atom. The summed E-state index contributed by atoms with van der Waals surface area (Å²) in [6.07, 6.45) is 0. The first-order valence-electron chi connectivity index (χ1n) is 5.71. The second-order valence-corrected chi connectivity index (χ2v) is 4.18. The van der Waals surface area contributed by atoms with E-state index in [2.05, 4.69) is 0 Å². The number of carboxylic acid groups (broad SMARTS) is 1. The highest BCUT2D eigenvalue weighted by molar-refractivity contribution is 5.96. The molecular weight excluding hydrogens is 247 g/mol. The number of halogens is 1. The minimum Gasteiger partial charge on any atom is -0.497 e. The van der Waals surface area contributed by atoms with Crippen LogP contribution in [0.4, 0.5) is 4.39 Å². The molecule has 4 heteroatoms. The number of aromatic carboxylic acids is 1. The summed E-state index contributed by atoms with van der Waals surface area (Å²) in [5.41, 5.74) is 1.50. The minimum absolute atomic E-state index is 0.0589. The van der Waals surface area contributed by atoms with Crippen LogP contribution in [0.2, 0.25) is 0 Å². The number of carboxylic acids is 1. The van der Waals surface area contributed by atoms with Crippen LogP contribution >= 0.6 is 0 Å². The summed E-state index contributed by atoms with van der Waals surface area (Å²) in [5.74, 6) is -1.06. The van der Waals surface area contributed by atoms with Crippen LogP contribution in [0.1, 0.15) is 15.9 Å². The highest BCUT2D eigenvalue weighted by Crippen LogP contribution is 2.29. The predicted molar refractivity (Wildman–Crippen MR) is 70.1 cm³/mol. The molecule has 0 heterocycles. The standard InChI is InChI=1S/C15H13FO3/c1-9-6-12(13(15(17)18)8-14(9)16)10-4-3-5-11(7-10)19-2/h3-8H,1-2H3,(H,17,18). The van der Waals surface area contributed by atoms with E-state index in [9.17, 15) is 14.3 Å². The molecule has 0 aromatic heterocycles. The van der Waals surface area contributed by atoms with Gasteiger partial charge in [-0.15, -0.1) is 0 Å². The normalized spacial score (nSPS) is 10.3. The van der Waals surface area contributed by atoms with Gasteiger partial charge in [-0.3, -0.25) is 0 Å². The molecule has 1 N–H and O–H groups in total. The van der Waals surface area contributed by atoms with Gasteiger partial charge in [0.05, 0.1) is 12.7 Å². The van der Waals surface area contributed by atoms with Crippen LogP contribution in [0.3, 0.4) is 0 Å². The third-order valence-electron chi connectivity index (χ3n) is 2.91. The topological polar surface area (TPSA) is 46.5 Å². The van der Waals surface area contributed by atoms with Gasteiger partial charge in [0.25, 0.3) is 0 Å². The maximum Gasteiger partial charge on any atom is 0.336 e. The van der Waals surface area contributed by atoms with E-state index in [4.69, 9.17) is 4.74 Å². The van der Waals surface area contributed by atoms with Crippen molar-refractivity contribution in [3.05, 3.63) is 53.3 Å². The number of benzene rings is 2. The summed E-state index contributed by atoms with van der Waals surface area (Å²) in [4.78, 5) is 11.2. The Hall–Kier alpha value is -2.36. The first-order valence-corrected chi connectivity index (χ1v) is 5.71. The number of aryl methyl sites for hydroxylation is 1. The molecule has 0 saturated carbocycles. The molecule has 0 amide bonds. The molecule has 2 aromatic rings. The van der Waals surface area contributed by atoms with Crippen LogP contribution in [0.5, 0.6) is 5.75 Å². The van der Waals surface area contributed by atoms with Gasteiger partial charge in [-0.2, -0.15) is 0 Å². The highest BCUT2D eigenvalue weighted by atomic mass is 19.1. The average molecular weight is 260 g/mol. The summed E-state index contributed by atoms with van der Waals surface area (Å²) in [7, 11) is 1.53. The molecule has 0 radical (unpaired) electrons. The van der Waals surface area contributed by atoms with E-state index in [0.717, 1.165) is 6.07 Å². The van der Waals surface area contributed by atoms with Crippen molar-refractivity contribution in [2.75, 3.05) is 7.11 Å². The monoisotopic (exact) mass is 260 g/mol. The van der Waals surface area contributed by atoms with E-state index in [1.54, 1.807) is 31.2 Å². The van der Waals surface area contributed by atoms with Crippen molar-refractivity contribution >= 4 is 5.97 Å². The number of methoxy groups -OCH3 is 1. The maximum atomic E-state index is 13.5. The Morgan fingerprint density at radius 2 is 2.00 bits per heavy atom. The minimum atomic E-state index is -1.16. The summed E-state index contributed by atoms with van der Waals surface area (Å²) in [6, 6.07) is 9.60. The van der Waals surface area contributed by atoms with E-state index in [0.29, 0.717) is 22.4 Å². The lowest BCUT2D eigenvalue weighted by atomic mass is 9.97. The van der Waals surface area contributed by atoms with Crippen molar-refractivity contribution in [2.24, 2.45) is 0 Å². The molecule has 0 bridgehead atoms. The van der Waals surface area contributed by atoms with Gasteiger partial charge >= 0.3 is 5.97 Å². The Bertz CT molecular complexity index is 635. The molecule has 0 spiro atoms. The van der Waals surface area contributed by atoms with Gasteiger partial charge in [0.1, 0.15) is 11.6 Å². The quantitative estimate of drug-likeness (QED) is 0.918. The predicted octanol–water partition coefficient (Wildman–Crippen LogP) is 3.51. The zero-order valence-corrected chi connectivity index (χ0v) is 10.6. The van der Waals surface area contributed by atoms with Crippen LogP contribution in [0, 0.1) is 12.7 Å². The molecule has 0 aliphatic heterocycles. The van der Waals surface area contributed by atoms with Crippen LogP contribution < -0.4 is 4.74 Å². The number of ether oxygens (including phenoxy) is 1. The number of hydrogen-bond donors (Lipinski definition) is 1. The zero-order chi connectivity index (χ0) is 14.0. The van der Waals surface area contributed by atoms with Crippen LogP contribution in [0.15, 0.2) is 36.4 Å². The number of carbonyl (C=O) groups is 1.